The fraction of sp³-hybridized carbons (Fsp3) is 0.286. The van der Waals surface area contributed by atoms with E-state index in [0.717, 1.165) is 11.3 Å². The highest BCUT2D eigenvalue weighted by atomic mass is 16.5. The Hall–Kier alpha value is -3.75. The minimum Gasteiger partial charge on any atom is -0.489 e. The van der Waals surface area contributed by atoms with Gasteiger partial charge in [0.2, 0.25) is 0 Å². The molecule has 0 saturated heterocycles. The number of aromatic nitrogens is 4. The number of fused-ring (bicyclic) bond motifs is 2. The number of likely N-dealkylation sites (N-methyl/N-ethyl adjacent to an activating group) is 1. The number of carbonyl (C=O) groups is 2. The first-order valence-corrected chi connectivity index (χ1v) is 9.73. The third-order valence-corrected chi connectivity index (χ3v) is 5.48. The molecule has 0 spiro atoms. The molecule has 30 heavy (non-hydrogen) atoms. The van der Waals surface area contributed by atoms with Gasteiger partial charge in [0.1, 0.15) is 18.4 Å². The Morgan fingerprint density at radius 2 is 2.07 bits per heavy atom. The Morgan fingerprint density at radius 3 is 2.90 bits per heavy atom. The highest BCUT2D eigenvalue weighted by Gasteiger charge is 2.39. The first kappa shape index (κ1) is 18.3. The van der Waals surface area contributed by atoms with Crippen LogP contribution in [0.1, 0.15) is 21.7 Å². The second-order valence-electron chi connectivity index (χ2n) is 7.34. The molecule has 0 aliphatic carbocycles. The molecule has 152 valence electrons. The second-order valence-corrected chi connectivity index (χ2v) is 7.34. The van der Waals surface area contributed by atoms with Crippen molar-refractivity contribution in [3.8, 4) is 5.75 Å². The van der Waals surface area contributed by atoms with Crippen molar-refractivity contribution < 1.29 is 14.3 Å². The monoisotopic (exact) mass is 404 g/mol. The van der Waals surface area contributed by atoms with E-state index in [2.05, 4.69) is 15.1 Å². The lowest BCUT2D eigenvalue weighted by Gasteiger charge is -2.33. The van der Waals surface area contributed by atoms with E-state index in [1.165, 1.54) is 0 Å². The smallest absolute Gasteiger partial charge is 0.275 e. The molecular weight excluding hydrogens is 384 g/mol. The van der Waals surface area contributed by atoms with Gasteiger partial charge < -0.3 is 14.5 Å². The van der Waals surface area contributed by atoms with Crippen LogP contribution in [-0.2, 0) is 17.8 Å². The van der Waals surface area contributed by atoms with Crippen molar-refractivity contribution in [2.45, 2.75) is 19.0 Å². The van der Waals surface area contributed by atoms with Crippen LogP contribution in [0.3, 0.4) is 0 Å². The maximum absolute atomic E-state index is 13.2. The van der Waals surface area contributed by atoms with Gasteiger partial charge in [-0.3, -0.25) is 24.2 Å². The first-order valence-electron chi connectivity index (χ1n) is 9.73. The molecule has 0 bridgehead atoms. The quantitative estimate of drug-likeness (QED) is 0.650. The number of carbonyl (C=O) groups excluding carboxylic acids is 2. The van der Waals surface area contributed by atoms with Crippen molar-refractivity contribution in [3.05, 3.63) is 66.0 Å². The lowest BCUT2D eigenvalue weighted by Crippen LogP contribution is -2.54. The van der Waals surface area contributed by atoms with E-state index in [1.54, 1.807) is 40.1 Å². The fourth-order valence-electron chi connectivity index (χ4n) is 3.92. The van der Waals surface area contributed by atoms with Gasteiger partial charge in [0, 0.05) is 37.7 Å². The number of ether oxygens (including phenoxy) is 1. The minimum absolute atomic E-state index is 0.113. The zero-order valence-corrected chi connectivity index (χ0v) is 16.4. The summed E-state index contributed by atoms with van der Waals surface area (Å²) in [5, 5.41) is 4.47. The molecule has 0 radical (unpaired) electrons. The standard InChI is InChI=1S/C21H20N6O3/c1-25-16-4-2-3-5-18(16)30-13-17(20(25)28)27-9-6-14-11-26(24-19(14)21(27)29)12-15-10-22-7-8-23-15/h2-5,7-8,10-11,17H,6,9,12-13H2,1H3/t17-/m0/s1. The predicted molar refractivity (Wildman–Crippen MR) is 107 cm³/mol. The normalized spacial score (nSPS) is 18.5. The number of rotatable bonds is 3. The lowest BCUT2D eigenvalue weighted by molar-refractivity contribution is -0.123. The number of benzene rings is 1. The van der Waals surface area contributed by atoms with Crippen LogP contribution >= 0.6 is 0 Å². The van der Waals surface area contributed by atoms with Gasteiger partial charge in [-0.2, -0.15) is 5.10 Å². The van der Waals surface area contributed by atoms with E-state index >= 15 is 0 Å². The molecule has 9 nitrogen and oxygen atoms in total. The van der Waals surface area contributed by atoms with Gasteiger partial charge in [-0.15, -0.1) is 0 Å². The predicted octanol–water partition coefficient (Wildman–Crippen LogP) is 1.14. The number of anilines is 1. The average Bonchev–Trinajstić information content (AvgIpc) is 3.13. The highest BCUT2D eigenvalue weighted by molar-refractivity contribution is 6.03. The Bertz CT molecular complexity index is 1110. The molecule has 4 heterocycles. The first-order chi connectivity index (χ1) is 14.6. The van der Waals surface area contributed by atoms with Crippen LogP contribution in [0.4, 0.5) is 5.69 Å². The Morgan fingerprint density at radius 1 is 1.20 bits per heavy atom. The van der Waals surface area contributed by atoms with E-state index in [0.29, 0.717) is 36.6 Å². The summed E-state index contributed by atoms with van der Waals surface area (Å²) >= 11 is 0. The minimum atomic E-state index is -0.701. The Balaban J connectivity index is 1.39. The van der Waals surface area contributed by atoms with Crippen LogP contribution < -0.4 is 9.64 Å². The van der Waals surface area contributed by atoms with Crippen molar-refractivity contribution in [2.24, 2.45) is 0 Å². The van der Waals surface area contributed by atoms with Crippen molar-refractivity contribution in [1.29, 1.82) is 0 Å². The summed E-state index contributed by atoms with van der Waals surface area (Å²) in [6, 6.07) is 6.67. The summed E-state index contributed by atoms with van der Waals surface area (Å²) < 4.78 is 7.58. The molecule has 2 aliphatic rings. The SMILES string of the molecule is CN1C(=O)[C@@H](N2CCc3cn(Cc4cnccn4)nc3C2=O)COc2ccccc21. The summed E-state index contributed by atoms with van der Waals surface area (Å²) in [5.41, 5.74) is 2.71. The van der Waals surface area contributed by atoms with Crippen LogP contribution in [0.25, 0.3) is 0 Å². The summed E-state index contributed by atoms with van der Waals surface area (Å²) in [6.45, 7) is 0.978. The van der Waals surface area contributed by atoms with Crippen LogP contribution in [0.5, 0.6) is 5.75 Å². The molecule has 0 saturated carbocycles. The molecule has 2 amide bonds. The zero-order chi connectivity index (χ0) is 20.7. The fourth-order valence-corrected chi connectivity index (χ4v) is 3.92. The lowest BCUT2D eigenvalue weighted by atomic mass is 10.0. The van der Waals surface area contributed by atoms with Gasteiger partial charge in [-0.05, 0) is 18.6 Å². The van der Waals surface area contributed by atoms with Crippen molar-refractivity contribution in [3.63, 3.8) is 0 Å². The Kier molecular flexibility index (Phi) is 4.42. The van der Waals surface area contributed by atoms with Crippen molar-refractivity contribution in [1.82, 2.24) is 24.6 Å². The van der Waals surface area contributed by atoms with Gasteiger partial charge in [0.15, 0.2) is 5.69 Å². The molecule has 5 rings (SSSR count). The van der Waals surface area contributed by atoms with Crippen LogP contribution in [0, 0.1) is 0 Å². The highest BCUT2D eigenvalue weighted by Crippen LogP contribution is 2.32. The number of nitrogens with zero attached hydrogens (tertiary/aromatic N) is 6. The molecule has 0 unspecified atom stereocenters. The van der Waals surface area contributed by atoms with E-state index in [1.807, 2.05) is 30.5 Å². The summed E-state index contributed by atoms with van der Waals surface area (Å²) in [6.07, 6.45) is 7.40. The second kappa shape index (κ2) is 7.25. The van der Waals surface area contributed by atoms with Gasteiger partial charge in [0.25, 0.3) is 11.8 Å². The topological polar surface area (TPSA) is 93.5 Å². The maximum Gasteiger partial charge on any atom is 0.275 e. The summed E-state index contributed by atoms with van der Waals surface area (Å²) in [4.78, 5) is 37.8. The largest absolute Gasteiger partial charge is 0.489 e. The van der Waals surface area contributed by atoms with Gasteiger partial charge in [-0.25, -0.2) is 0 Å². The van der Waals surface area contributed by atoms with Gasteiger partial charge >= 0.3 is 0 Å². The molecule has 1 aromatic carbocycles. The number of para-hydroxylation sites is 2. The third-order valence-electron chi connectivity index (χ3n) is 5.48. The van der Waals surface area contributed by atoms with Gasteiger partial charge in [-0.1, -0.05) is 12.1 Å². The molecule has 0 N–H and O–H groups in total. The number of hydrogen-bond acceptors (Lipinski definition) is 6. The molecule has 2 aromatic heterocycles. The molecule has 0 fully saturated rings. The Labute approximate surface area is 172 Å². The molecule has 3 aromatic rings. The molecule has 1 atom stereocenters. The average molecular weight is 404 g/mol. The summed E-state index contributed by atoms with van der Waals surface area (Å²) in [7, 11) is 1.71. The van der Waals surface area contributed by atoms with E-state index in [4.69, 9.17) is 4.74 Å². The van der Waals surface area contributed by atoms with Crippen LogP contribution in [0.2, 0.25) is 0 Å². The van der Waals surface area contributed by atoms with Gasteiger partial charge in [0.05, 0.1) is 24.1 Å². The maximum atomic E-state index is 13.2. The zero-order valence-electron chi connectivity index (χ0n) is 16.4. The van der Waals surface area contributed by atoms with Crippen LogP contribution in [-0.4, -0.2) is 62.7 Å². The molecule has 9 heteroatoms. The summed E-state index contributed by atoms with van der Waals surface area (Å²) in [5.74, 6) is 0.209. The van der Waals surface area contributed by atoms with E-state index < -0.39 is 6.04 Å². The number of hydrogen-bond donors (Lipinski definition) is 0. The van der Waals surface area contributed by atoms with E-state index in [-0.39, 0.29) is 18.4 Å². The molecular formula is C21H20N6O3. The molecule has 2 aliphatic heterocycles. The van der Waals surface area contributed by atoms with Crippen molar-refractivity contribution >= 4 is 17.5 Å². The van der Waals surface area contributed by atoms with Crippen molar-refractivity contribution in [2.75, 3.05) is 25.1 Å². The third kappa shape index (κ3) is 3.08. The number of amides is 2. The van der Waals surface area contributed by atoms with Crippen LogP contribution in [0.15, 0.2) is 49.1 Å². The van der Waals surface area contributed by atoms with E-state index in [9.17, 15) is 9.59 Å².